The average molecular weight is 261 g/mol. The quantitative estimate of drug-likeness (QED) is 0.832. The predicted octanol–water partition coefficient (Wildman–Crippen LogP) is 2.72. The molecular weight excluding hydrogens is 253 g/mol. The SMILES string of the molecule is C=Cc1c(N)nc(Cl)nc1C(=C)Br. The first-order valence-electron chi connectivity index (χ1n) is 3.36. The molecule has 0 unspecified atom stereocenters. The molecule has 0 aromatic carbocycles. The molecule has 0 fully saturated rings. The lowest BCUT2D eigenvalue weighted by atomic mass is 10.2. The van der Waals surface area contributed by atoms with Crippen molar-refractivity contribution in [1.82, 2.24) is 9.97 Å². The number of nitrogen functional groups attached to an aromatic ring is 1. The number of aromatic nitrogens is 2. The largest absolute Gasteiger partial charge is 0.383 e. The van der Waals surface area contributed by atoms with E-state index in [9.17, 15) is 0 Å². The van der Waals surface area contributed by atoms with E-state index in [1.54, 1.807) is 6.08 Å². The lowest BCUT2D eigenvalue weighted by Gasteiger charge is -2.05. The van der Waals surface area contributed by atoms with E-state index >= 15 is 0 Å². The monoisotopic (exact) mass is 259 g/mol. The van der Waals surface area contributed by atoms with E-state index in [2.05, 4.69) is 39.1 Å². The molecule has 5 heteroatoms. The Kier molecular flexibility index (Phi) is 3.06. The van der Waals surface area contributed by atoms with E-state index in [0.29, 0.717) is 21.6 Å². The van der Waals surface area contributed by atoms with Crippen molar-refractivity contribution in [1.29, 1.82) is 0 Å². The number of rotatable bonds is 2. The van der Waals surface area contributed by atoms with Crippen molar-refractivity contribution in [3.63, 3.8) is 0 Å². The second-order valence-corrected chi connectivity index (χ2v) is 3.54. The summed E-state index contributed by atoms with van der Waals surface area (Å²) >= 11 is 8.82. The maximum Gasteiger partial charge on any atom is 0.224 e. The van der Waals surface area contributed by atoms with Gasteiger partial charge in [0.2, 0.25) is 5.28 Å². The van der Waals surface area contributed by atoms with Crippen LogP contribution >= 0.6 is 27.5 Å². The summed E-state index contributed by atoms with van der Waals surface area (Å²) in [5, 5.41) is 0.0960. The molecule has 1 aromatic heterocycles. The van der Waals surface area contributed by atoms with Gasteiger partial charge in [-0.05, 0) is 27.5 Å². The van der Waals surface area contributed by atoms with Crippen LogP contribution in [-0.2, 0) is 0 Å². The number of hydrogen-bond acceptors (Lipinski definition) is 3. The predicted molar refractivity (Wildman–Crippen MR) is 59.5 cm³/mol. The highest BCUT2D eigenvalue weighted by Gasteiger charge is 2.09. The first-order chi connectivity index (χ1) is 6.06. The van der Waals surface area contributed by atoms with Crippen molar-refractivity contribution >= 4 is 43.9 Å². The summed E-state index contributed by atoms with van der Waals surface area (Å²) in [4.78, 5) is 7.75. The second-order valence-electron chi connectivity index (χ2n) is 2.25. The van der Waals surface area contributed by atoms with Gasteiger partial charge in [-0.3, -0.25) is 0 Å². The maximum absolute atomic E-state index is 5.62. The lowest BCUT2D eigenvalue weighted by Crippen LogP contribution is -2.00. The molecule has 1 rings (SSSR count). The molecular formula is C8H7BrClN3. The van der Waals surface area contributed by atoms with Gasteiger partial charge in [-0.2, -0.15) is 0 Å². The fourth-order valence-corrected chi connectivity index (χ4v) is 1.34. The zero-order valence-corrected chi connectivity index (χ0v) is 9.06. The minimum absolute atomic E-state index is 0.0960. The first-order valence-corrected chi connectivity index (χ1v) is 4.53. The van der Waals surface area contributed by atoms with E-state index < -0.39 is 0 Å². The highest BCUT2D eigenvalue weighted by atomic mass is 79.9. The molecule has 0 radical (unpaired) electrons. The van der Waals surface area contributed by atoms with Crippen molar-refractivity contribution in [2.24, 2.45) is 0 Å². The van der Waals surface area contributed by atoms with E-state index in [-0.39, 0.29) is 5.28 Å². The molecule has 68 valence electrons. The van der Waals surface area contributed by atoms with Gasteiger partial charge in [-0.25, -0.2) is 9.97 Å². The number of hydrogen-bond donors (Lipinski definition) is 1. The zero-order valence-electron chi connectivity index (χ0n) is 6.72. The Balaban J connectivity index is 3.46. The minimum atomic E-state index is 0.0960. The van der Waals surface area contributed by atoms with Crippen LogP contribution in [0.25, 0.3) is 10.6 Å². The molecule has 0 aliphatic carbocycles. The van der Waals surface area contributed by atoms with Crippen molar-refractivity contribution in [2.75, 3.05) is 5.73 Å². The summed E-state index contributed by atoms with van der Waals surface area (Å²) in [7, 11) is 0. The molecule has 0 aliphatic rings. The number of nitrogens with zero attached hydrogens (tertiary/aromatic N) is 2. The average Bonchev–Trinajstić information content (AvgIpc) is 2.02. The molecule has 0 saturated carbocycles. The van der Waals surface area contributed by atoms with Crippen molar-refractivity contribution in [2.45, 2.75) is 0 Å². The Hall–Kier alpha value is -0.870. The molecule has 0 amide bonds. The third kappa shape index (κ3) is 2.08. The van der Waals surface area contributed by atoms with E-state index in [1.165, 1.54) is 0 Å². The van der Waals surface area contributed by atoms with Gasteiger partial charge in [0.1, 0.15) is 5.82 Å². The van der Waals surface area contributed by atoms with Crippen molar-refractivity contribution in [3.05, 3.63) is 29.7 Å². The van der Waals surface area contributed by atoms with Gasteiger partial charge >= 0.3 is 0 Å². The Bertz CT molecular complexity index is 376. The van der Waals surface area contributed by atoms with Crippen LogP contribution in [0.1, 0.15) is 11.3 Å². The van der Waals surface area contributed by atoms with E-state index in [4.69, 9.17) is 17.3 Å². The van der Waals surface area contributed by atoms with Crippen molar-refractivity contribution < 1.29 is 0 Å². The van der Waals surface area contributed by atoms with Gasteiger partial charge in [-0.15, -0.1) is 0 Å². The van der Waals surface area contributed by atoms with Crippen molar-refractivity contribution in [3.8, 4) is 0 Å². The first kappa shape index (κ1) is 10.2. The summed E-state index contributed by atoms with van der Waals surface area (Å²) in [5.41, 5.74) is 6.80. The highest BCUT2D eigenvalue weighted by molar-refractivity contribution is 9.15. The van der Waals surface area contributed by atoms with Gasteiger partial charge < -0.3 is 5.73 Å². The van der Waals surface area contributed by atoms with E-state index in [0.717, 1.165) is 0 Å². The Morgan fingerprint density at radius 3 is 2.62 bits per heavy atom. The molecule has 0 spiro atoms. The number of nitrogens with two attached hydrogens (primary N) is 1. The minimum Gasteiger partial charge on any atom is -0.383 e. The molecule has 2 N–H and O–H groups in total. The van der Waals surface area contributed by atoms with Gasteiger partial charge in [0.05, 0.1) is 5.69 Å². The van der Waals surface area contributed by atoms with Crippen LogP contribution in [0.4, 0.5) is 5.82 Å². The molecule has 0 atom stereocenters. The summed E-state index contributed by atoms with van der Waals surface area (Å²) < 4.78 is 0.596. The second kappa shape index (κ2) is 3.89. The molecule has 0 aliphatic heterocycles. The van der Waals surface area contributed by atoms with Crippen LogP contribution < -0.4 is 5.73 Å². The third-order valence-electron chi connectivity index (χ3n) is 1.41. The maximum atomic E-state index is 5.62. The van der Waals surface area contributed by atoms with Crippen LogP contribution in [0, 0.1) is 0 Å². The van der Waals surface area contributed by atoms with Crippen LogP contribution in [0.5, 0.6) is 0 Å². The standard InChI is InChI=1S/C8H7BrClN3/c1-3-5-6(4(2)9)12-8(10)13-7(5)11/h3H,1-2H2,(H2,11,12,13). The topological polar surface area (TPSA) is 51.8 Å². The fourth-order valence-electron chi connectivity index (χ4n) is 0.866. The normalized spacial score (nSPS) is 9.69. The molecule has 3 nitrogen and oxygen atoms in total. The summed E-state index contributed by atoms with van der Waals surface area (Å²) in [6.45, 7) is 7.28. The smallest absolute Gasteiger partial charge is 0.224 e. The fraction of sp³-hybridized carbons (Fsp3) is 0. The summed E-state index contributed by atoms with van der Waals surface area (Å²) in [5.74, 6) is 0.297. The van der Waals surface area contributed by atoms with Gasteiger partial charge in [-0.1, -0.05) is 19.2 Å². The van der Waals surface area contributed by atoms with E-state index in [1.807, 2.05) is 0 Å². The summed E-state index contributed by atoms with van der Waals surface area (Å²) in [6, 6.07) is 0. The van der Waals surface area contributed by atoms with Gasteiger partial charge in [0.15, 0.2) is 0 Å². The Labute approximate surface area is 89.5 Å². The van der Waals surface area contributed by atoms with Crippen LogP contribution in [-0.4, -0.2) is 9.97 Å². The molecule has 0 saturated heterocycles. The van der Waals surface area contributed by atoms with Gasteiger partial charge in [0.25, 0.3) is 0 Å². The Morgan fingerprint density at radius 1 is 1.54 bits per heavy atom. The van der Waals surface area contributed by atoms with Crippen LogP contribution in [0.2, 0.25) is 5.28 Å². The Morgan fingerprint density at radius 2 is 2.15 bits per heavy atom. The number of halogens is 2. The summed E-state index contributed by atoms with van der Waals surface area (Å²) in [6.07, 6.45) is 1.56. The third-order valence-corrected chi connectivity index (χ3v) is 1.95. The molecule has 13 heavy (non-hydrogen) atoms. The van der Waals surface area contributed by atoms with Crippen LogP contribution in [0.15, 0.2) is 13.2 Å². The molecule has 1 heterocycles. The van der Waals surface area contributed by atoms with Crippen LogP contribution in [0.3, 0.4) is 0 Å². The lowest BCUT2D eigenvalue weighted by molar-refractivity contribution is 1.15. The molecule has 1 aromatic rings. The zero-order chi connectivity index (χ0) is 10.0. The van der Waals surface area contributed by atoms with Gasteiger partial charge in [0, 0.05) is 10.0 Å². The molecule has 0 bridgehead atoms. The number of anilines is 1. The highest BCUT2D eigenvalue weighted by Crippen LogP contribution is 2.26.